The predicted molar refractivity (Wildman–Crippen MR) is 121 cm³/mol. The molecule has 0 amide bonds. The standard InChI is InChI=1S/C22H22F3NO6S2/c1-34(28,29)32-13-16-12-19(27)20(14-31-16)30-9-3-2-4-10-33-21-7-8-26-18-11-15(22(23,24)25)5-6-17(18)21/h5-8,11-12,14H,2-4,9-10,13H2,1H3. The second kappa shape index (κ2) is 11.2. The summed E-state index contributed by atoms with van der Waals surface area (Å²) in [5.74, 6) is 0.856. The summed E-state index contributed by atoms with van der Waals surface area (Å²) >= 11 is 1.55. The lowest BCUT2D eigenvalue weighted by atomic mass is 10.1. The summed E-state index contributed by atoms with van der Waals surface area (Å²) in [5.41, 5.74) is -0.853. The van der Waals surface area contributed by atoms with Gasteiger partial charge in [-0.05, 0) is 43.2 Å². The molecule has 3 rings (SSSR count). The molecular weight excluding hydrogens is 495 g/mol. The van der Waals surface area contributed by atoms with Crippen LogP contribution in [0.2, 0.25) is 0 Å². The highest BCUT2D eigenvalue weighted by Gasteiger charge is 2.30. The molecule has 0 spiro atoms. The Morgan fingerprint density at radius 3 is 2.62 bits per heavy atom. The van der Waals surface area contributed by atoms with E-state index in [-0.39, 0.29) is 18.1 Å². The Balaban J connectivity index is 1.41. The summed E-state index contributed by atoms with van der Waals surface area (Å²) in [6.07, 6.45) is 1.46. The number of unbranched alkanes of at least 4 members (excludes halogenated alkanes) is 2. The molecule has 12 heteroatoms. The van der Waals surface area contributed by atoms with Crippen LogP contribution >= 0.6 is 11.8 Å². The van der Waals surface area contributed by atoms with Gasteiger partial charge in [0.05, 0.1) is 23.9 Å². The molecule has 0 fully saturated rings. The molecule has 0 aliphatic rings. The third-order valence-electron chi connectivity index (χ3n) is 4.60. The highest BCUT2D eigenvalue weighted by molar-refractivity contribution is 7.99. The minimum Gasteiger partial charge on any atom is -0.487 e. The summed E-state index contributed by atoms with van der Waals surface area (Å²) in [6.45, 7) is -0.0741. The molecule has 0 N–H and O–H groups in total. The zero-order chi connectivity index (χ0) is 24.8. The minimum atomic E-state index is -4.41. The average Bonchev–Trinajstić information content (AvgIpc) is 2.76. The molecule has 34 heavy (non-hydrogen) atoms. The van der Waals surface area contributed by atoms with E-state index in [2.05, 4.69) is 9.17 Å². The number of nitrogens with zero attached hydrogens (tertiary/aromatic N) is 1. The quantitative estimate of drug-likeness (QED) is 0.199. The number of ether oxygens (including phenoxy) is 1. The Hall–Kier alpha value is -2.57. The molecule has 0 aliphatic heterocycles. The molecule has 0 bridgehead atoms. The molecule has 2 aromatic heterocycles. The fraction of sp³-hybridized carbons (Fsp3) is 0.364. The van der Waals surface area contributed by atoms with Crippen LogP contribution in [0.4, 0.5) is 13.2 Å². The topological polar surface area (TPSA) is 95.7 Å². The van der Waals surface area contributed by atoms with Gasteiger partial charge in [0.1, 0.15) is 18.6 Å². The molecule has 0 saturated carbocycles. The van der Waals surface area contributed by atoms with Crippen LogP contribution in [0.25, 0.3) is 10.9 Å². The van der Waals surface area contributed by atoms with Crippen molar-refractivity contribution in [1.29, 1.82) is 0 Å². The van der Waals surface area contributed by atoms with Crippen molar-refractivity contribution < 1.29 is 34.9 Å². The van der Waals surface area contributed by atoms with Crippen LogP contribution in [0.5, 0.6) is 5.75 Å². The fourth-order valence-electron chi connectivity index (χ4n) is 2.95. The van der Waals surface area contributed by atoms with Crippen molar-refractivity contribution in [1.82, 2.24) is 4.98 Å². The first-order valence-electron chi connectivity index (χ1n) is 10.2. The van der Waals surface area contributed by atoms with E-state index in [1.165, 1.54) is 12.3 Å². The summed E-state index contributed by atoms with van der Waals surface area (Å²) in [7, 11) is -3.65. The SMILES string of the molecule is CS(=O)(=O)OCc1cc(=O)c(OCCCCCSc2ccnc3cc(C(F)(F)F)ccc23)co1. The van der Waals surface area contributed by atoms with E-state index in [9.17, 15) is 26.4 Å². The third-order valence-corrected chi connectivity index (χ3v) is 6.31. The summed E-state index contributed by atoms with van der Waals surface area (Å²) in [4.78, 5) is 16.9. The second-order valence-corrected chi connectivity index (χ2v) is 10.1. The Labute approximate surface area is 198 Å². The second-order valence-electron chi connectivity index (χ2n) is 7.34. The number of aromatic nitrogens is 1. The van der Waals surface area contributed by atoms with Gasteiger partial charge in [0, 0.05) is 22.5 Å². The number of pyridine rings is 1. The molecular formula is C22H22F3NO6S2. The van der Waals surface area contributed by atoms with E-state index in [0.717, 1.165) is 54.2 Å². The maximum absolute atomic E-state index is 12.9. The van der Waals surface area contributed by atoms with Gasteiger partial charge in [-0.15, -0.1) is 11.8 Å². The van der Waals surface area contributed by atoms with Gasteiger partial charge in [-0.1, -0.05) is 6.07 Å². The largest absolute Gasteiger partial charge is 0.487 e. The molecule has 3 aromatic rings. The Kier molecular flexibility index (Phi) is 8.61. The van der Waals surface area contributed by atoms with Crippen LogP contribution in [-0.4, -0.2) is 32.0 Å². The van der Waals surface area contributed by atoms with Crippen molar-refractivity contribution in [2.75, 3.05) is 18.6 Å². The maximum Gasteiger partial charge on any atom is 0.416 e. The van der Waals surface area contributed by atoms with Gasteiger partial charge in [-0.3, -0.25) is 14.0 Å². The number of alkyl halides is 3. The number of hydrogen-bond donors (Lipinski definition) is 0. The number of hydrogen-bond acceptors (Lipinski definition) is 8. The molecule has 0 aliphatic carbocycles. The third kappa shape index (κ3) is 7.74. The molecule has 0 unspecified atom stereocenters. The Morgan fingerprint density at radius 1 is 1.12 bits per heavy atom. The Bertz CT molecular complexity index is 1290. The van der Waals surface area contributed by atoms with Gasteiger partial charge in [0.15, 0.2) is 0 Å². The van der Waals surface area contributed by atoms with Gasteiger partial charge in [0.25, 0.3) is 10.1 Å². The van der Waals surface area contributed by atoms with E-state index in [4.69, 9.17) is 9.15 Å². The van der Waals surface area contributed by atoms with Crippen LogP contribution in [0.3, 0.4) is 0 Å². The van der Waals surface area contributed by atoms with Crippen LogP contribution in [0.15, 0.2) is 56.9 Å². The van der Waals surface area contributed by atoms with Crippen LogP contribution in [0, 0.1) is 0 Å². The van der Waals surface area contributed by atoms with Crippen molar-refractivity contribution in [3.8, 4) is 5.75 Å². The smallest absolute Gasteiger partial charge is 0.416 e. The lowest BCUT2D eigenvalue weighted by Crippen LogP contribution is -2.10. The van der Waals surface area contributed by atoms with Gasteiger partial charge < -0.3 is 9.15 Å². The summed E-state index contributed by atoms with van der Waals surface area (Å²) in [6, 6.07) is 6.47. The molecule has 184 valence electrons. The number of thioether (sulfide) groups is 1. The fourth-order valence-corrected chi connectivity index (χ4v) is 4.34. The van der Waals surface area contributed by atoms with Crippen molar-refractivity contribution in [2.24, 2.45) is 0 Å². The Morgan fingerprint density at radius 2 is 1.91 bits per heavy atom. The maximum atomic E-state index is 12.9. The molecule has 2 heterocycles. The van der Waals surface area contributed by atoms with Crippen molar-refractivity contribution in [3.05, 3.63) is 64.3 Å². The van der Waals surface area contributed by atoms with Crippen LogP contribution in [-0.2, 0) is 27.1 Å². The number of halogens is 3. The highest BCUT2D eigenvalue weighted by Crippen LogP contribution is 2.33. The van der Waals surface area contributed by atoms with Crippen LogP contribution in [0.1, 0.15) is 30.6 Å². The van der Waals surface area contributed by atoms with Gasteiger partial charge >= 0.3 is 6.18 Å². The summed E-state index contributed by atoms with van der Waals surface area (Å²) in [5, 5.41) is 0.681. The van der Waals surface area contributed by atoms with Gasteiger partial charge in [-0.2, -0.15) is 21.6 Å². The van der Waals surface area contributed by atoms with E-state index >= 15 is 0 Å². The first kappa shape index (κ1) is 26.0. The van der Waals surface area contributed by atoms with Gasteiger partial charge in [0.2, 0.25) is 11.2 Å². The first-order valence-corrected chi connectivity index (χ1v) is 13.0. The van der Waals surface area contributed by atoms with Crippen molar-refractivity contribution >= 4 is 32.8 Å². The molecule has 1 aromatic carbocycles. The number of fused-ring (bicyclic) bond motifs is 1. The zero-order valence-corrected chi connectivity index (χ0v) is 19.8. The normalized spacial score (nSPS) is 12.2. The molecule has 7 nitrogen and oxygen atoms in total. The average molecular weight is 518 g/mol. The minimum absolute atomic E-state index is 0.0268. The predicted octanol–water partition coefficient (Wildman–Crippen LogP) is 5.02. The van der Waals surface area contributed by atoms with E-state index in [1.807, 2.05) is 0 Å². The van der Waals surface area contributed by atoms with Crippen molar-refractivity contribution in [2.45, 2.75) is 36.9 Å². The zero-order valence-electron chi connectivity index (χ0n) is 18.1. The highest BCUT2D eigenvalue weighted by atomic mass is 32.2. The molecule has 0 saturated heterocycles. The number of rotatable bonds is 11. The van der Waals surface area contributed by atoms with Crippen molar-refractivity contribution in [3.63, 3.8) is 0 Å². The monoisotopic (exact) mass is 517 g/mol. The lowest BCUT2D eigenvalue weighted by Gasteiger charge is -2.10. The van der Waals surface area contributed by atoms with Crippen LogP contribution < -0.4 is 10.2 Å². The molecule has 0 atom stereocenters. The van der Waals surface area contributed by atoms with E-state index in [0.29, 0.717) is 23.9 Å². The first-order chi connectivity index (χ1) is 16.0. The lowest BCUT2D eigenvalue weighted by molar-refractivity contribution is -0.137. The molecule has 0 radical (unpaired) electrons. The summed E-state index contributed by atoms with van der Waals surface area (Å²) < 4.78 is 75.8. The number of benzene rings is 1. The van der Waals surface area contributed by atoms with E-state index in [1.54, 1.807) is 17.8 Å². The van der Waals surface area contributed by atoms with Gasteiger partial charge in [-0.25, -0.2) is 0 Å². The van der Waals surface area contributed by atoms with E-state index < -0.39 is 27.3 Å².